The third kappa shape index (κ3) is 6.10. The van der Waals surface area contributed by atoms with Crippen LogP contribution in [0.25, 0.3) is 0 Å². The summed E-state index contributed by atoms with van der Waals surface area (Å²) in [7, 11) is 0. The number of carbonyl (C=O) groups excluding carboxylic acids is 1. The monoisotopic (exact) mass is 383 g/mol. The van der Waals surface area contributed by atoms with E-state index in [1.165, 1.54) is 43.0 Å². The molecule has 6 heteroatoms. The van der Waals surface area contributed by atoms with Crippen LogP contribution in [-0.2, 0) is 4.79 Å². The fourth-order valence-corrected chi connectivity index (χ4v) is 3.66. The Morgan fingerprint density at radius 3 is 2.89 bits per heavy atom. The zero-order valence-electron chi connectivity index (χ0n) is 15.6. The minimum absolute atomic E-state index is 0.00361. The van der Waals surface area contributed by atoms with Crippen molar-refractivity contribution >= 4 is 17.7 Å². The summed E-state index contributed by atoms with van der Waals surface area (Å²) in [5.74, 6) is 1.47. The normalized spacial score (nSPS) is 13.7. The lowest BCUT2D eigenvalue weighted by atomic mass is 9.97. The highest BCUT2D eigenvalue weighted by Crippen LogP contribution is 2.30. The zero-order chi connectivity index (χ0) is 18.9. The van der Waals surface area contributed by atoms with Gasteiger partial charge in [-0.15, -0.1) is 0 Å². The molecule has 142 valence electrons. The fourth-order valence-electron chi connectivity index (χ4n) is 2.94. The van der Waals surface area contributed by atoms with Crippen LogP contribution in [0.1, 0.15) is 37.7 Å². The van der Waals surface area contributed by atoms with Gasteiger partial charge in [0, 0.05) is 18.9 Å². The van der Waals surface area contributed by atoms with Crippen LogP contribution in [-0.4, -0.2) is 28.2 Å². The Labute approximate surface area is 164 Å². The molecule has 3 rings (SSSR count). The van der Waals surface area contributed by atoms with Gasteiger partial charge in [-0.1, -0.05) is 41.6 Å². The molecular weight excluding hydrogens is 358 g/mol. The number of hydrogen-bond acceptors (Lipinski definition) is 5. The molecule has 0 spiro atoms. The second-order valence-electron chi connectivity index (χ2n) is 6.53. The number of allylic oxidation sites excluding steroid dienone is 1. The Balaban J connectivity index is 1.49. The minimum atomic E-state index is 0.00361. The summed E-state index contributed by atoms with van der Waals surface area (Å²) in [5, 5.41) is 3.61. The SMILES string of the molecule is Cc1ccccc1Oc1nccnc1SCC(=O)NCCC1=CCCCC1. The zero-order valence-corrected chi connectivity index (χ0v) is 16.4. The van der Waals surface area contributed by atoms with Crippen molar-refractivity contribution in [3.63, 3.8) is 0 Å². The highest BCUT2D eigenvalue weighted by atomic mass is 32.2. The molecule has 1 aliphatic carbocycles. The molecular formula is C21H25N3O2S. The van der Waals surface area contributed by atoms with Crippen LogP contribution in [0.2, 0.25) is 0 Å². The molecule has 1 amide bonds. The molecule has 1 N–H and O–H groups in total. The third-order valence-electron chi connectivity index (χ3n) is 4.43. The van der Waals surface area contributed by atoms with Crippen molar-refractivity contribution < 1.29 is 9.53 Å². The van der Waals surface area contributed by atoms with E-state index in [-0.39, 0.29) is 5.91 Å². The van der Waals surface area contributed by atoms with Crippen molar-refractivity contribution in [3.05, 3.63) is 53.9 Å². The molecule has 5 nitrogen and oxygen atoms in total. The number of thioether (sulfide) groups is 1. The van der Waals surface area contributed by atoms with Gasteiger partial charge in [0.15, 0.2) is 5.03 Å². The molecule has 1 aliphatic rings. The van der Waals surface area contributed by atoms with Gasteiger partial charge in [-0.2, -0.15) is 0 Å². The summed E-state index contributed by atoms with van der Waals surface area (Å²) in [5.41, 5.74) is 2.49. The fraction of sp³-hybridized carbons (Fsp3) is 0.381. The summed E-state index contributed by atoms with van der Waals surface area (Å²) >= 11 is 1.34. The molecule has 0 fully saturated rings. The van der Waals surface area contributed by atoms with E-state index in [9.17, 15) is 4.79 Å². The van der Waals surface area contributed by atoms with Crippen molar-refractivity contribution in [2.75, 3.05) is 12.3 Å². The van der Waals surface area contributed by atoms with Crippen LogP contribution in [0.3, 0.4) is 0 Å². The van der Waals surface area contributed by atoms with Crippen LogP contribution in [0, 0.1) is 6.92 Å². The van der Waals surface area contributed by atoms with Gasteiger partial charge in [0.05, 0.1) is 5.75 Å². The van der Waals surface area contributed by atoms with Gasteiger partial charge in [-0.3, -0.25) is 4.79 Å². The predicted octanol–water partition coefficient (Wildman–Crippen LogP) is 4.68. The number of rotatable bonds is 8. The van der Waals surface area contributed by atoms with Crippen LogP contribution in [0.5, 0.6) is 11.6 Å². The summed E-state index contributed by atoms with van der Waals surface area (Å²) < 4.78 is 5.90. The molecule has 27 heavy (non-hydrogen) atoms. The van der Waals surface area contributed by atoms with Crippen LogP contribution in [0.4, 0.5) is 0 Å². The van der Waals surface area contributed by atoms with E-state index in [1.54, 1.807) is 12.4 Å². The lowest BCUT2D eigenvalue weighted by molar-refractivity contribution is -0.118. The van der Waals surface area contributed by atoms with E-state index in [1.807, 2.05) is 31.2 Å². The summed E-state index contributed by atoms with van der Waals surface area (Å²) in [4.78, 5) is 20.7. The topological polar surface area (TPSA) is 64.1 Å². The molecule has 0 aliphatic heterocycles. The number of ether oxygens (including phenoxy) is 1. The largest absolute Gasteiger partial charge is 0.436 e. The van der Waals surface area contributed by atoms with Gasteiger partial charge in [0.1, 0.15) is 5.75 Å². The number of benzene rings is 1. The molecule has 1 heterocycles. The van der Waals surface area contributed by atoms with Crippen molar-refractivity contribution in [1.29, 1.82) is 0 Å². The Bertz CT molecular complexity index is 808. The maximum atomic E-state index is 12.1. The first kappa shape index (κ1) is 19.4. The highest BCUT2D eigenvalue weighted by molar-refractivity contribution is 8.00. The van der Waals surface area contributed by atoms with Gasteiger partial charge in [0.2, 0.25) is 5.91 Å². The first-order chi connectivity index (χ1) is 13.2. The average Bonchev–Trinajstić information content (AvgIpc) is 2.70. The van der Waals surface area contributed by atoms with E-state index in [0.717, 1.165) is 17.7 Å². The maximum absolute atomic E-state index is 12.1. The molecule has 1 aromatic carbocycles. The molecule has 0 saturated heterocycles. The van der Waals surface area contributed by atoms with Crippen LogP contribution in [0.15, 0.2) is 53.3 Å². The Morgan fingerprint density at radius 2 is 2.07 bits per heavy atom. The predicted molar refractivity (Wildman–Crippen MR) is 108 cm³/mol. The van der Waals surface area contributed by atoms with E-state index in [2.05, 4.69) is 21.4 Å². The lowest BCUT2D eigenvalue weighted by Gasteiger charge is -2.13. The first-order valence-electron chi connectivity index (χ1n) is 9.34. The smallest absolute Gasteiger partial charge is 0.252 e. The summed E-state index contributed by atoms with van der Waals surface area (Å²) in [6, 6.07) is 7.75. The van der Waals surface area contributed by atoms with Gasteiger partial charge < -0.3 is 10.1 Å². The van der Waals surface area contributed by atoms with Gasteiger partial charge in [-0.25, -0.2) is 9.97 Å². The lowest BCUT2D eigenvalue weighted by Crippen LogP contribution is -2.26. The number of amides is 1. The van der Waals surface area contributed by atoms with Gasteiger partial charge in [-0.05, 0) is 50.7 Å². The van der Waals surface area contributed by atoms with E-state index < -0.39 is 0 Å². The number of carbonyl (C=O) groups is 1. The van der Waals surface area contributed by atoms with E-state index in [4.69, 9.17) is 4.74 Å². The standard InChI is InChI=1S/C21H25N3O2S/c1-16-7-5-6-10-18(16)26-20-21(24-14-13-23-20)27-15-19(25)22-12-11-17-8-3-2-4-9-17/h5-8,10,13-14H,2-4,9,11-12,15H2,1H3,(H,22,25). The second kappa shape index (κ2) is 10.1. The summed E-state index contributed by atoms with van der Waals surface area (Å²) in [6.45, 7) is 2.67. The van der Waals surface area contributed by atoms with Crippen LogP contribution < -0.4 is 10.1 Å². The van der Waals surface area contributed by atoms with Gasteiger partial charge >= 0.3 is 0 Å². The molecule has 0 saturated carbocycles. The Kier molecular flexibility index (Phi) is 7.27. The van der Waals surface area contributed by atoms with Crippen molar-refractivity contribution in [2.24, 2.45) is 0 Å². The van der Waals surface area contributed by atoms with Crippen LogP contribution >= 0.6 is 11.8 Å². The van der Waals surface area contributed by atoms with E-state index >= 15 is 0 Å². The average molecular weight is 384 g/mol. The number of aryl methyl sites for hydroxylation is 1. The Morgan fingerprint density at radius 1 is 1.22 bits per heavy atom. The van der Waals surface area contributed by atoms with Crippen molar-refractivity contribution in [3.8, 4) is 11.6 Å². The number of hydrogen-bond donors (Lipinski definition) is 1. The molecule has 0 radical (unpaired) electrons. The number of nitrogens with one attached hydrogen (secondary N) is 1. The molecule has 0 unspecified atom stereocenters. The van der Waals surface area contributed by atoms with E-state index in [0.29, 0.717) is 23.2 Å². The second-order valence-corrected chi connectivity index (χ2v) is 7.50. The molecule has 2 aromatic rings. The highest BCUT2D eigenvalue weighted by Gasteiger charge is 2.12. The third-order valence-corrected chi connectivity index (χ3v) is 5.39. The minimum Gasteiger partial charge on any atom is -0.436 e. The number of nitrogens with zero attached hydrogens (tertiary/aromatic N) is 2. The molecule has 1 aromatic heterocycles. The first-order valence-corrected chi connectivity index (χ1v) is 10.3. The summed E-state index contributed by atoms with van der Waals surface area (Å²) in [6.07, 6.45) is 11.4. The maximum Gasteiger partial charge on any atom is 0.252 e. The van der Waals surface area contributed by atoms with Crippen molar-refractivity contribution in [2.45, 2.75) is 44.1 Å². The number of para-hydroxylation sites is 1. The number of aromatic nitrogens is 2. The quantitative estimate of drug-likeness (QED) is 0.530. The van der Waals surface area contributed by atoms with Gasteiger partial charge in [0.25, 0.3) is 5.88 Å². The van der Waals surface area contributed by atoms with Crippen molar-refractivity contribution in [1.82, 2.24) is 15.3 Å². The Hall–Kier alpha value is -2.34. The molecule has 0 atom stereocenters. The molecule has 0 bridgehead atoms.